The minimum Gasteiger partial charge on any atom is -0.493 e. The second kappa shape index (κ2) is 11.2. The second-order valence-corrected chi connectivity index (χ2v) is 6.70. The lowest BCUT2D eigenvalue weighted by Gasteiger charge is -2.13. The topological polar surface area (TPSA) is 85.9 Å². The third kappa shape index (κ3) is 6.87. The van der Waals surface area contributed by atoms with E-state index in [1.165, 1.54) is 7.11 Å². The van der Waals surface area contributed by atoms with Crippen LogP contribution in [0.25, 0.3) is 0 Å². The van der Waals surface area contributed by atoms with Crippen molar-refractivity contribution in [2.24, 2.45) is 0 Å². The van der Waals surface area contributed by atoms with E-state index in [-0.39, 0.29) is 6.61 Å². The van der Waals surface area contributed by atoms with E-state index in [0.717, 1.165) is 18.4 Å². The van der Waals surface area contributed by atoms with Gasteiger partial charge in [-0.15, -0.1) is 0 Å². The maximum Gasteiger partial charge on any atom is 0.276 e. The summed E-state index contributed by atoms with van der Waals surface area (Å²) in [6.45, 7) is 4.23. The SMILES string of the molecule is CCCCOc1ccc(C(=O)NNC(=O)COc2cc(C)ccc2Cl)cc1OC. The van der Waals surface area contributed by atoms with Gasteiger partial charge in [0.15, 0.2) is 18.1 Å². The summed E-state index contributed by atoms with van der Waals surface area (Å²) in [5.41, 5.74) is 5.90. The molecule has 29 heavy (non-hydrogen) atoms. The minimum atomic E-state index is -0.526. The predicted molar refractivity (Wildman–Crippen MR) is 111 cm³/mol. The molecule has 0 fully saturated rings. The van der Waals surface area contributed by atoms with Gasteiger partial charge in [0.25, 0.3) is 11.8 Å². The van der Waals surface area contributed by atoms with Crippen molar-refractivity contribution >= 4 is 23.4 Å². The van der Waals surface area contributed by atoms with Gasteiger partial charge < -0.3 is 14.2 Å². The smallest absolute Gasteiger partial charge is 0.276 e. The molecule has 0 saturated carbocycles. The molecule has 0 aliphatic carbocycles. The minimum absolute atomic E-state index is 0.295. The molecule has 0 aliphatic heterocycles. The molecule has 8 heteroatoms. The summed E-state index contributed by atoms with van der Waals surface area (Å²) in [5.74, 6) is 0.381. The quantitative estimate of drug-likeness (QED) is 0.477. The van der Waals surface area contributed by atoms with E-state index in [1.807, 2.05) is 13.0 Å². The fraction of sp³-hybridized carbons (Fsp3) is 0.333. The molecule has 0 radical (unpaired) electrons. The molecule has 2 N–H and O–H groups in total. The molecule has 0 aromatic heterocycles. The number of rotatable bonds is 9. The number of ether oxygens (including phenoxy) is 3. The molecule has 0 saturated heterocycles. The zero-order chi connectivity index (χ0) is 21.2. The van der Waals surface area contributed by atoms with Crippen molar-refractivity contribution in [1.29, 1.82) is 0 Å². The first kappa shape index (κ1) is 22.4. The first-order valence-corrected chi connectivity index (χ1v) is 9.61. The van der Waals surface area contributed by atoms with Gasteiger partial charge in [-0.2, -0.15) is 0 Å². The van der Waals surface area contributed by atoms with E-state index < -0.39 is 11.8 Å². The summed E-state index contributed by atoms with van der Waals surface area (Å²) < 4.78 is 16.3. The highest BCUT2D eigenvalue weighted by Gasteiger charge is 2.13. The Morgan fingerprint density at radius 2 is 1.79 bits per heavy atom. The van der Waals surface area contributed by atoms with Crippen LogP contribution >= 0.6 is 11.6 Å². The number of carbonyl (C=O) groups is 2. The van der Waals surface area contributed by atoms with Gasteiger partial charge in [0.05, 0.1) is 18.7 Å². The average molecular weight is 421 g/mol. The third-order valence-electron chi connectivity index (χ3n) is 3.94. The number of nitrogens with one attached hydrogen (secondary N) is 2. The molecule has 2 aromatic rings. The molecule has 2 amide bonds. The average Bonchev–Trinajstić information content (AvgIpc) is 2.72. The summed E-state index contributed by atoms with van der Waals surface area (Å²) in [6.07, 6.45) is 1.94. The van der Waals surface area contributed by atoms with Gasteiger partial charge in [0.1, 0.15) is 5.75 Å². The van der Waals surface area contributed by atoms with E-state index in [0.29, 0.717) is 34.4 Å². The Hall–Kier alpha value is -2.93. The van der Waals surface area contributed by atoms with Crippen LogP contribution in [0.15, 0.2) is 36.4 Å². The molecule has 0 bridgehead atoms. The van der Waals surface area contributed by atoms with E-state index in [2.05, 4.69) is 17.8 Å². The molecule has 2 rings (SSSR count). The lowest BCUT2D eigenvalue weighted by atomic mass is 10.2. The van der Waals surface area contributed by atoms with E-state index in [1.54, 1.807) is 30.3 Å². The third-order valence-corrected chi connectivity index (χ3v) is 4.25. The highest BCUT2D eigenvalue weighted by Crippen LogP contribution is 2.28. The molecule has 0 unspecified atom stereocenters. The highest BCUT2D eigenvalue weighted by atomic mass is 35.5. The Balaban J connectivity index is 1.87. The van der Waals surface area contributed by atoms with Gasteiger partial charge in [0.2, 0.25) is 0 Å². The summed E-state index contributed by atoms with van der Waals surface area (Å²) in [4.78, 5) is 24.2. The number of halogens is 1. The molecular formula is C21H25ClN2O5. The Morgan fingerprint density at radius 3 is 2.52 bits per heavy atom. The molecule has 156 valence electrons. The predicted octanol–water partition coefficient (Wildman–Crippen LogP) is 3.68. The van der Waals surface area contributed by atoms with Crippen LogP contribution in [0.4, 0.5) is 0 Å². The fourth-order valence-corrected chi connectivity index (χ4v) is 2.53. The molecule has 2 aromatic carbocycles. The molecule has 0 heterocycles. The van der Waals surface area contributed by atoms with E-state index >= 15 is 0 Å². The van der Waals surface area contributed by atoms with Crippen LogP contribution < -0.4 is 25.1 Å². The maximum absolute atomic E-state index is 12.3. The zero-order valence-electron chi connectivity index (χ0n) is 16.7. The van der Waals surface area contributed by atoms with Crippen molar-refractivity contribution in [2.75, 3.05) is 20.3 Å². The van der Waals surface area contributed by atoms with Crippen LogP contribution in [-0.2, 0) is 4.79 Å². The molecule has 0 aliphatic rings. The van der Waals surface area contributed by atoms with Crippen LogP contribution in [0, 0.1) is 6.92 Å². The van der Waals surface area contributed by atoms with Crippen LogP contribution in [-0.4, -0.2) is 32.1 Å². The number of hydrazine groups is 1. The number of methoxy groups -OCH3 is 1. The van der Waals surface area contributed by atoms with Crippen molar-refractivity contribution in [1.82, 2.24) is 10.9 Å². The number of carbonyl (C=O) groups excluding carboxylic acids is 2. The fourth-order valence-electron chi connectivity index (χ4n) is 2.35. The largest absolute Gasteiger partial charge is 0.493 e. The molecular weight excluding hydrogens is 396 g/mol. The molecule has 7 nitrogen and oxygen atoms in total. The lowest BCUT2D eigenvalue weighted by molar-refractivity contribution is -0.123. The standard InChI is InChI=1S/C21H25ClN2O5/c1-4-5-10-28-17-9-7-15(12-19(17)27-3)21(26)24-23-20(25)13-29-18-11-14(2)6-8-16(18)22/h6-9,11-12H,4-5,10,13H2,1-3H3,(H,23,25)(H,24,26). The number of aryl methyl sites for hydroxylation is 1. The Labute approximate surface area is 175 Å². The lowest BCUT2D eigenvalue weighted by Crippen LogP contribution is -2.43. The van der Waals surface area contributed by atoms with Gasteiger partial charge in [-0.25, -0.2) is 0 Å². The van der Waals surface area contributed by atoms with E-state index in [4.69, 9.17) is 25.8 Å². The number of benzene rings is 2. The van der Waals surface area contributed by atoms with Crippen LogP contribution in [0.2, 0.25) is 5.02 Å². The Bertz CT molecular complexity index is 857. The van der Waals surface area contributed by atoms with Crippen molar-refractivity contribution in [3.05, 3.63) is 52.5 Å². The van der Waals surface area contributed by atoms with Crippen LogP contribution in [0.3, 0.4) is 0 Å². The Morgan fingerprint density at radius 1 is 1.00 bits per heavy atom. The maximum atomic E-state index is 12.3. The summed E-state index contributed by atoms with van der Waals surface area (Å²) in [6, 6.07) is 10.1. The Kier molecular flexibility index (Phi) is 8.61. The van der Waals surface area contributed by atoms with Gasteiger partial charge in [-0.3, -0.25) is 20.4 Å². The van der Waals surface area contributed by atoms with Gasteiger partial charge in [-0.1, -0.05) is 31.0 Å². The molecule has 0 spiro atoms. The summed E-state index contributed by atoms with van der Waals surface area (Å²) in [7, 11) is 1.50. The van der Waals surface area contributed by atoms with Gasteiger partial charge in [-0.05, 0) is 49.2 Å². The van der Waals surface area contributed by atoms with Crippen molar-refractivity contribution in [2.45, 2.75) is 26.7 Å². The number of unbranched alkanes of at least 4 members (excludes halogenated alkanes) is 1. The highest BCUT2D eigenvalue weighted by molar-refractivity contribution is 6.32. The monoisotopic (exact) mass is 420 g/mol. The number of hydrogen-bond acceptors (Lipinski definition) is 5. The number of hydrogen-bond donors (Lipinski definition) is 2. The van der Waals surface area contributed by atoms with E-state index in [9.17, 15) is 9.59 Å². The van der Waals surface area contributed by atoms with Crippen molar-refractivity contribution in [3.63, 3.8) is 0 Å². The first-order valence-electron chi connectivity index (χ1n) is 9.23. The first-order chi connectivity index (χ1) is 13.9. The molecule has 0 atom stereocenters. The number of amides is 2. The normalized spacial score (nSPS) is 10.2. The second-order valence-electron chi connectivity index (χ2n) is 6.29. The van der Waals surface area contributed by atoms with Crippen LogP contribution in [0.5, 0.6) is 17.2 Å². The van der Waals surface area contributed by atoms with Crippen molar-refractivity contribution < 1.29 is 23.8 Å². The van der Waals surface area contributed by atoms with Gasteiger partial charge in [0, 0.05) is 5.56 Å². The summed E-state index contributed by atoms with van der Waals surface area (Å²) in [5, 5.41) is 0.403. The van der Waals surface area contributed by atoms with Gasteiger partial charge >= 0.3 is 0 Å². The zero-order valence-corrected chi connectivity index (χ0v) is 17.5. The van der Waals surface area contributed by atoms with Crippen molar-refractivity contribution in [3.8, 4) is 17.2 Å². The summed E-state index contributed by atoms with van der Waals surface area (Å²) >= 11 is 6.02. The van der Waals surface area contributed by atoms with Crippen LogP contribution in [0.1, 0.15) is 35.7 Å².